The van der Waals surface area contributed by atoms with Gasteiger partial charge in [-0.3, -0.25) is 25.8 Å². The largest absolute Gasteiger partial charge is 0.560 e. The smallest absolute Gasteiger partial charge is 0.280 e. The van der Waals surface area contributed by atoms with Crippen molar-refractivity contribution in [1.82, 2.24) is 0 Å². The Morgan fingerprint density at radius 3 is 1.88 bits per heavy atom. The third kappa shape index (κ3) is 5.60. The molecule has 1 aliphatic rings. The van der Waals surface area contributed by atoms with Crippen molar-refractivity contribution in [2.24, 2.45) is 0 Å². The fraction of sp³-hybridized carbons (Fsp3) is 0.400. The number of halogens is 2. The molecule has 1 radical (unpaired) electrons. The Labute approximate surface area is 72.6 Å². The van der Waals surface area contributed by atoms with Crippen molar-refractivity contribution in [2.45, 2.75) is 13.3 Å². The Kier molecular flexibility index (Phi) is 7.79. The van der Waals surface area contributed by atoms with Gasteiger partial charge in [0.15, 0.2) is 0 Å². The zero-order valence-electron chi connectivity index (χ0n) is 4.82. The Morgan fingerprint density at radius 2 is 1.88 bits per heavy atom. The van der Waals surface area contributed by atoms with Gasteiger partial charge in [0, 0.05) is 0 Å². The maximum Gasteiger partial charge on any atom is 0.560 e. The van der Waals surface area contributed by atoms with Crippen LogP contribution in [0.15, 0.2) is 11.6 Å². The van der Waals surface area contributed by atoms with Crippen molar-refractivity contribution in [2.75, 3.05) is 0 Å². The number of rotatable bonds is 0. The van der Waals surface area contributed by atoms with Crippen LogP contribution in [0.5, 0.6) is 0 Å². The van der Waals surface area contributed by atoms with E-state index in [2.05, 4.69) is 45.2 Å². The van der Waals surface area contributed by atoms with Gasteiger partial charge < -0.3 is 0 Å². The molecule has 0 nitrogen and oxygen atoms in total. The molecule has 0 N–H and O–H groups in total. The zero-order valence-corrected chi connectivity index (χ0v) is 9.41. The molecule has 0 heterocycles. The monoisotopic (exact) mass is 249 g/mol. The lowest BCUT2D eigenvalue weighted by Gasteiger charge is -2.04. The topological polar surface area (TPSA) is 0 Å². The summed E-state index contributed by atoms with van der Waals surface area (Å²) in [5.41, 5.74) is 1.50. The molecule has 0 unspecified atom stereocenters. The average Bonchev–Trinajstić information content (AvgIpc) is 1.64. The minimum absolute atomic E-state index is 0.0417. The molecule has 0 saturated heterocycles. The molecular weight excluding hydrogens is 244 g/mol. The van der Waals surface area contributed by atoms with E-state index in [1.807, 2.05) is 0 Å². The Hall–Kier alpha value is 1.47. The van der Waals surface area contributed by atoms with Gasteiger partial charge in [0.2, 0.25) is 0 Å². The van der Waals surface area contributed by atoms with E-state index in [4.69, 9.17) is 0 Å². The fourth-order valence-electron chi connectivity index (χ4n) is 0.354. The molecule has 0 fully saturated rings. The molecule has 8 heavy (non-hydrogen) atoms. The van der Waals surface area contributed by atoms with Crippen molar-refractivity contribution < 1.29 is 0 Å². The summed E-state index contributed by atoms with van der Waals surface area (Å²) in [6.07, 6.45) is 5.52. The first kappa shape index (κ1) is 9.47. The Balaban J connectivity index is 0.000000145. The van der Waals surface area contributed by atoms with E-state index < -0.39 is 0 Å². The van der Waals surface area contributed by atoms with E-state index in [1.54, 1.807) is 0 Å². The standard InChI is InChI=1S/C5H7.2BrH.Mg/c1-5-3-2-4-5;;;/h2-3H,4H2,1H3;2*1H;/q;;;+2/p-2. The SMILES string of the molecule is CC1=C[CH]C1.[Br][Mg][Br]. The zero-order chi connectivity index (χ0) is 6.41. The molecule has 3 heteroatoms. The van der Waals surface area contributed by atoms with Gasteiger partial charge in [0.05, 0.1) is 0 Å². The molecule has 0 aromatic rings. The van der Waals surface area contributed by atoms with Crippen LogP contribution in [0.2, 0.25) is 0 Å². The summed E-state index contributed by atoms with van der Waals surface area (Å²) in [5, 5.41) is 0. The van der Waals surface area contributed by atoms with E-state index in [1.165, 1.54) is 12.0 Å². The third-order valence-corrected chi connectivity index (χ3v) is 0.842. The van der Waals surface area contributed by atoms with Crippen molar-refractivity contribution in [1.29, 1.82) is 0 Å². The number of hydrogen-bond acceptors (Lipinski definition) is 0. The minimum atomic E-state index is 0.0417. The molecule has 1 rings (SSSR count). The Morgan fingerprint density at radius 1 is 1.62 bits per heavy atom. The third-order valence-electron chi connectivity index (χ3n) is 0.842. The predicted molar refractivity (Wildman–Crippen MR) is 46.3 cm³/mol. The number of allylic oxidation sites excluding steroid dienone is 2. The van der Waals surface area contributed by atoms with Crippen LogP contribution in [-0.4, -0.2) is 16.0 Å². The van der Waals surface area contributed by atoms with E-state index in [9.17, 15) is 0 Å². The summed E-state index contributed by atoms with van der Waals surface area (Å²) >= 11 is 6.44. The molecule has 0 aromatic carbocycles. The van der Waals surface area contributed by atoms with Crippen LogP contribution in [0.25, 0.3) is 0 Å². The highest BCUT2D eigenvalue weighted by atomic mass is 79.9. The lowest BCUT2D eigenvalue weighted by atomic mass is 10.0. The normalized spacial score (nSPS) is 14.1. The molecular formula is C5H7Br2Mg. The van der Waals surface area contributed by atoms with Gasteiger partial charge in [-0.25, -0.2) is 0 Å². The average molecular weight is 251 g/mol. The van der Waals surface area contributed by atoms with E-state index in [0.29, 0.717) is 0 Å². The maximum absolute atomic E-state index is 3.20. The summed E-state index contributed by atoms with van der Waals surface area (Å²) in [6.45, 7) is 2.14. The molecule has 0 aliphatic heterocycles. The molecule has 0 bridgehead atoms. The second-order valence-electron chi connectivity index (χ2n) is 1.55. The highest BCUT2D eigenvalue weighted by Crippen LogP contribution is 2.13. The highest BCUT2D eigenvalue weighted by Gasteiger charge is 1.95. The Bertz CT molecular complexity index is 80.5. The van der Waals surface area contributed by atoms with Crippen LogP contribution >= 0.6 is 25.8 Å². The molecule has 0 aromatic heterocycles. The summed E-state index contributed by atoms with van der Waals surface area (Å²) in [4.78, 5) is 0. The van der Waals surface area contributed by atoms with E-state index in [0.717, 1.165) is 0 Å². The maximum atomic E-state index is 3.20. The fourth-order valence-corrected chi connectivity index (χ4v) is 0.354. The van der Waals surface area contributed by atoms with Gasteiger partial charge in [-0.15, -0.1) is 0 Å². The molecule has 0 saturated carbocycles. The van der Waals surface area contributed by atoms with E-state index >= 15 is 0 Å². The van der Waals surface area contributed by atoms with Gasteiger partial charge in [-0.2, -0.15) is 0 Å². The van der Waals surface area contributed by atoms with Gasteiger partial charge in [0.25, 0.3) is 0 Å². The van der Waals surface area contributed by atoms with Crippen LogP contribution in [0, 0.1) is 6.42 Å². The molecule has 0 atom stereocenters. The van der Waals surface area contributed by atoms with Gasteiger partial charge in [-0.05, 0) is 19.8 Å². The lowest BCUT2D eigenvalue weighted by molar-refractivity contribution is 1.06. The quantitative estimate of drug-likeness (QED) is 0.581. The first-order chi connectivity index (χ1) is 3.81. The summed E-state index contributed by atoms with van der Waals surface area (Å²) < 4.78 is 0. The van der Waals surface area contributed by atoms with Gasteiger partial charge in [-0.1, -0.05) is 11.6 Å². The predicted octanol–water partition coefficient (Wildman–Crippen LogP) is 2.85. The van der Waals surface area contributed by atoms with Crippen molar-refractivity contribution in [3.05, 3.63) is 18.1 Å². The van der Waals surface area contributed by atoms with Crippen molar-refractivity contribution in [3.63, 3.8) is 0 Å². The van der Waals surface area contributed by atoms with Crippen LogP contribution < -0.4 is 0 Å². The lowest BCUT2D eigenvalue weighted by Crippen LogP contribution is -1.86. The summed E-state index contributed by atoms with van der Waals surface area (Å²) in [7, 11) is 0. The van der Waals surface area contributed by atoms with Crippen LogP contribution in [-0.2, 0) is 0 Å². The molecule has 43 valence electrons. The molecule has 0 spiro atoms. The summed E-state index contributed by atoms with van der Waals surface area (Å²) in [6, 6.07) is 0. The number of hydrogen-bond donors (Lipinski definition) is 0. The molecule has 0 amide bonds. The first-order valence-electron chi connectivity index (χ1n) is 2.42. The van der Waals surface area contributed by atoms with E-state index in [-0.39, 0.29) is 16.0 Å². The van der Waals surface area contributed by atoms with Gasteiger partial charge >= 0.3 is 16.0 Å². The minimum Gasteiger partial charge on any atom is -0.280 e. The highest BCUT2D eigenvalue weighted by molar-refractivity contribution is 9.47. The molecule has 1 aliphatic carbocycles. The second kappa shape index (κ2) is 6.58. The summed E-state index contributed by atoms with van der Waals surface area (Å²) in [5.74, 6) is 0. The van der Waals surface area contributed by atoms with Crippen LogP contribution in [0.1, 0.15) is 13.3 Å². The first-order valence-corrected chi connectivity index (χ1v) is 10.2. The second-order valence-corrected chi connectivity index (χ2v) is 9.64. The van der Waals surface area contributed by atoms with Crippen LogP contribution in [0.3, 0.4) is 0 Å². The van der Waals surface area contributed by atoms with Crippen molar-refractivity contribution in [3.8, 4) is 0 Å². The van der Waals surface area contributed by atoms with Gasteiger partial charge in [0.1, 0.15) is 0 Å². The van der Waals surface area contributed by atoms with Crippen LogP contribution in [0.4, 0.5) is 0 Å². The van der Waals surface area contributed by atoms with Crippen molar-refractivity contribution >= 4 is 41.8 Å².